The van der Waals surface area contributed by atoms with Gasteiger partial charge in [0.25, 0.3) is 5.91 Å². The van der Waals surface area contributed by atoms with E-state index in [1.54, 1.807) is 24.3 Å². The van der Waals surface area contributed by atoms with Gasteiger partial charge in [0.05, 0.1) is 17.5 Å². The predicted molar refractivity (Wildman–Crippen MR) is 115 cm³/mol. The Labute approximate surface area is 179 Å². The van der Waals surface area contributed by atoms with Crippen LogP contribution in [0.25, 0.3) is 0 Å². The zero-order valence-electron chi connectivity index (χ0n) is 16.1. The molecule has 0 unspecified atom stereocenters. The molecule has 1 amide bonds. The van der Waals surface area contributed by atoms with Gasteiger partial charge < -0.3 is 9.64 Å². The van der Waals surface area contributed by atoms with Crippen LogP contribution >= 0.6 is 11.8 Å². The molecule has 0 spiro atoms. The second-order valence-electron chi connectivity index (χ2n) is 7.26. The van der Waals surface area contributed by atoms with Crippen molar-refractivity contribution in [3.8, 4) is 5.75 Å². The molecule has 0 saturated carbocycles. The van der Waals surface area contributed by atoms with Crippen molar-refractivity contribution in [3.05, 3.63) is 66.0 Å². The SMILES string of the molecule is O=C(COc1ccccc1)N=C1S[C@@H]2CS(=O)(=O)C[C@@H]2N1CCc1ccc(F)cc1. The second-order valence-corrected chi connectivity index (χ2v) is 10.6. The van der Waals surface area contributed by atoms with Gasteiger partial charge >= 0.3 is 0 Å². The van der Waals surface area contributed by atoms with Gasteiger partial charge in [0.15, 0.2) is 21.6 Å². The number of ether oxygens (including phenoxy) is 1. The van der Waals surface area contributed by atoms with Crippen molar-refractivity contribution in [1.29, 1.82) is 0 Å². The Hall–Kier alpha value is -2.39. The van der Waals surface area contributed by atoms with Crippen molar-refractivity contribution in [2.75, 3.05) is 24.7 Å². The summed E-state index contributed by atoms with van der Waals surface area (Å²) in [6.45, 7) is 0.314. The molecule has 9 heteroatoms. The lowest BCUT2D eigenvalue weighted by Gasteiger charge is -2.24. The maximum atomic E-state index is 13.1. The number of benzene rings is 2. The molecule has 2 aromatic rings. The molecular formula is C21H21FN2O4S2. The zero-order valence-corrected chi connectivity index (χ0v) is 17.7. The number of hydrogen-bond acceptors (Lipinski definition) is 5. The van der Waals surface area contributed by atoms with Crippen molar-refractivity contribution in [2.45, 2.75) is 17.7 Å². The molecule has 2 atom stereocenters. The van der Waals surface area contributed by atoms with Crippen molar-refractivity contribution in [3.63, 3.8) is 0 Å². The summed E-state index contributed by atoms with van der Waals surface area (Å²) in [4.78, 5) is 18.5. The standard InChI is InChI=1S/C21H21FN2O4S2/c22-16-8-6-15(7-9-16)10-11-24-18-13-30(26,27)14-19(18)29-21(24)23-20(25)12-28-17-4-2-1-3-5-17/h1-9,18-19H,10-14H2/t18-,19+/m0/s1. The summed E-state index contributed by atoms with van der Waals surface area (Å²) in [6, 6.07) is 15.0. The fourth-order valence-electron chi connectivity index (χ4n) is 3.60. The Morgan fingerprint density at radius 3 is 2.60 bits per heavy atom. The van der Waals surface area contributed by atoms with Gasteiger partial charge in [-0.25, -0.2) is 12.8 Å². The third-order valence-electron chi connectivity index (χ3n) is 5.06. The Bertz CT molecular complexity index is 1040. The molecule has 2 aromatic carbocycles. The number of amides is 1. The van der Waals surface area contributed by atoms with Crippen LogP contribution in [0.1, 0.15) is 5.56 Å². The molecule has 30 heavy (non-hydrogen) atoms. The Kier molecular flexibility index (Phi) is 6.10. The van der Waals surface area contributed by atoms with Gasteiger partial charge in [-0.05, 0) is 36.2 Å². The predicted octanol–water partition coefficient (Wildman–Crippen LogP) is 2.54. The quantitative estimate of drug-likeness (QED) is 0.676. The van der Waals surface area contributed by atoms with Gasteiger partial charge in [0.1, 0.15) is 11.6 Å². The van der Waals surface area contributed by atoms with E-state index in [9.17, 15) is 17.6 Å². The third kappa shape index (κ3) is 5.02. The number of carbonyl (C=O) groups excluding carboxylic acids is 1. The first-order valence-corrected chi connectivity index (χ1v) is 12.3. The smallest absolute Gasteiger partial charge is 0.285 e. The van der Waals surface area contributed by atoms with Crippen LogP contribution in [0.4, 0.5) is 4.39 Å². The highest BCUT2D eigenvalue weighted by Gasteiger charge is 2.48. The van der Waals surface area contributed by atoms with E-state index >= 15 is 0 Å². The number of aliphatic imine (C=N–C) groups is 1. The largest absolute Gasteiger partial charge is 0.484 e. The summed E-state index contributed by atoms with van der Waals surface area (Å²) < 4.78 is 42.8. The van der Waals surface area contributed by atoms with Gasteiger partial charge in [0, 0.05) is 11.8 Å². The van der Waals surface area contributed by atoms with Crippen LogP contribution in [0.2, 0.25) is 0 Å². The van der Waals surface area contributed by atoms with Gasteiger partial charge in [0.2, 0.25) is 0 Å². The van der Waals surface area contributed by atoms with Crippen LogP contribution in [0.3, 0.4) is 0 Å². The molecule has 2 aliphatic rings. The Balaban J connectivity index is 1.46. The fourth-order valence-corrected chi connectivity index (χ4v) is 7.59. The molecule has 0 bridgehead atoms. The van der Waals surface area contributed by atoms with E-state index in [-0.39, 0.29) is 35.2 Å². The number of fused-ring (bicyclic) bond motifs is 1. The molecule has 0 aliphatic carbocycles. The highest BCUT2D eigenvalue weighted by atomic mass is 32.2. The Morgan fingerprint density at radius 2 is 1.87 bits per heavy atom. The van der Waals surface area contributed by atoms with E-state index in [0.29, 0.717) is 23.9 Å². The molecule has 0 aromatic heterocycles. The number of sulfone groups is 1. The number of para-hydroxylation sites is 1. The lowest BCUT2D eigenvalue weighted by molar-refractivity contribution is -0.119. The molecule has 0 radical (unpaired) electrons. The highest BCUT2D eigenvalue weighted by molar-refractivity contribution is 8.15. The minimum absolute atomic E-state index is 0.0574. The van der Waals surface area contributed by atoms with Crippen molar-refractivity contribution >= 4 is 32.7 Å². The van der Waals surface area contributed by atoms with Crippen molar-refractivity contribution in [2.24, 2.45) is 4.99 Å². The van der Waals surface area contributed by atoms with Crippen LogP contribution in [-0.2, 0) is 21.1 Å². The van der Waals surface area contributed by atoms with Crippen LogP contribution in [0, 0.1) is 5.82 Å². The highest BCUT2D eigenvalue weighted by Crippen LogP contribution is 2.38. The maximum Gasteiger partial charge on any atom is 0.285 e. The summed E-state index contributed by atoms with van der Waals surface area (Å²) in [7, 11) is -3.10. The number of thioether (sulfide) groups is 1. The van der Waals surface area contributed by atoms with Crippen LogP contribution in [-0.4, -0.2) is 60.3 Å². The molecule has 2 aliphatic heterocycles. The van der Waals surface area contributed by atoms with E-state index < -0.39 is 15.7 Å². The number of halogens is 1. The summed E-state index contributed by atoms with van der Waals surface area (Å²) in [5, 5.41) is 0.397. The first-order chi connectivity index (χ1) is 14.4. The van der Waals surface area contributed by atoms with E-state index in [4.69, 9.17) is 4.74 Å². The average molecular weight is 449 g/mol. The molecule has 0 N–H and O–H groups in total. The number of nitrogens with zero attached hydrogens (tertiary/aromatic N) is 2. The number of carbonyl (C=O) groups is 1. The summed E-state index contributed by atoms with van der Waals surface area (Å²) in [6.07, 6.45) is 0.595. The second kappa shape index (κ2) is 8.77. The number of amidine groups is 1. The maximum absolute atomic E-state index is 13.1. The van der Waals surface area contributed by atoms with Crippen LogP contribution in [0.15, 0.2) is 59.6 Å². The van der Waals surface area contributed by atoms with E-state index in [2.05, 4.69) is 4.99 Å². The van der Waals surface area contributed by atoms with Gasteiger partial charge in [-0.2, -0.15) is 4.99 Å². The molecule has 2 fully saturated rings. The van der Waals surface area contributed by atoms with Crippen LogP contribution < -0.4 is 4.74 Å². The van der Waals surface area contributed by atoms with Gasteiger partial charge in [-0.1, -0.05) is 42.1 Å². The lowest BCUT2D eigenvalue weighted by Crippen LogP contribution is -2.39. The third-order valence-corrected chi connectivity index (χ3v) is 8.30. The zero-order chi connectivity index (χ0) is 21.1. The minimum atomic E-state index is -3.10. The van der Waals surface area contributed by atoms with E-state index in [1.807, 2.05) is 23.1 Å². The van der Waals surface area contributed by atoms with E-state index in [1.165, 1.54) is 23.9 Å². The summed E-state index contributed by atoms with van der Waals surface area (Å²) in [5.41, 5.74) is 0.934. The van der Waals surface area contributed by atoms with E-state index in [0.717, 1.165) is 5.56 Å². The lowest BCUT2D eigenvalue weighted by atomic mass is 10.1. The topological polar surface area (TPSA) is 76.0 Å². The van der Waals surface area contributed by atoms with Crippen molar-refractivity contribution < 1.29 is 22.3 Å². The van der Waals surface area contributed by atoms with Crippen molar-refractivity contribution in [1.82, 2.24) is 4.90 Å². The molecule has 2 saturated heterocycles. The molecule has 158 valence electrons. The summed E-state index contributed by atoms with van der Waals surface area (Å²) >= 11 is 1.34. The van der Waals surface area contributed by atoms with Gasteiger partial charge in [-0.3, -0.25) is 4.79 Å². The first kappa shape index (κ1) is 20.9. The molecule has 2 heterocycles. The van der Waals surface area contributed by atoms with Gasteiger partial charge in [-0.15, -0.1) is 0 Å². The fraction of sp³-hybridized carbons (Fsp3) is 0.333. The number of hydrogen-bond donors (Lipinski definition) is 0. The average Bonchev–Trinajstić information content (AvgIpc) is 3.18. The molecular weight excluding hydrogens is 427 g/mol. The number of rotatable bonds is 6. The first-order valence-electron chi connectivity index (χ1n) is 9.57. The molecule has 4 rings (SSSR count). The van der Waals surface area contributed by atoms with Crippen LogP contribution in [0.5, 0.6) is 5.75 Å². The monoisotopic (exact) mass is 448 g/mol. The summed E-state index contributed by atoms with van der Waals surface area (Å²) in [5.74, 6) is 0.00572. The normalized spacial score (nSPS) is 23.5. The minimum Gasteiger partial charge on any atom is -0.484 e. The Morgan fingerprint density at radius 1 is 1.13 bits per heavy atom. The molecule has 6 nitrogen and oxygen atoms in total.